The maximum atomic E-state index is 11.7. The average molecular weight is 257 g/mol. The molecule has 4 nitrogen and oxygen atoms in total. The molecular formula is C15H19N3O. The SMILES string of the molecule is Cc1ccc2c(CCN3CCNCC3=O)c[nH]c2c1. The van der Waals surface area contributed by atoms with Gasteiger partial charge < -0.3 is 15.2 Å². The maximum Gasteiger partial charge on any atom is 0.236 e. The van der Waals surface area contributed by atoms with Crippen LogP contribution in [0.1, 0.15) is 11.1 Å². The largest absolute Gasteiger partial charge is 0.361 e. The van der Waals surface area contributed by atoms with Gasteiger partial charge in [-0.3, -0.25) is 4.79 Å². The van der Waals surface area contributed by atoms with Gasteiger partial charge in [-0.1, -0.05) is 12.1 Å². The van der Waals surface area contributed by atoms with Crippen molar-refractivity contribution in [3.8, 4) is 0 Å². The fraction of sp³-hybridized carbons (Fsp3) is 0.400. The van der Waals surface area contributed by atoms with E-state index < -0.39 is 0 Å². The van der Waals surface area contributed by atoms with Gasteiger partial charge in [0.15, 0.2) is 0 Å². The Labute approximate surface area is 112 Å². The van der Waals surface area contributed by atoms with Gasteiger partial charge in [-0.15, -0.1) is 0 Å². The Morgan fingerprint density at radius 1 is 1.37 bits per heavy atom. The van der Waals surface area contributed by atoms with Crippen LogP contribution in [0.15, 0.2) is 24.4 Å². The van der Waals surface area contributed by atoms with E-state index in [0.717, 1.165) is 26.1 Å². The van der Waals surface area contributed by atoms with Crippen molar-refractivity contribution in [3.05, 3.63) is 35.5 Å². The van der Waals surface area contributed by atoms with E-state index >= 15 is 0 Å². The third-order valence-corrected chi connectivity index (χ3v) is 3.76. The molecule has 19 heavy (non-hydrogen) atoms. The normalized spacial score (nSPS) is 16.3. The summed E-state index contributed by atoms with van der Waals surface area (Å²) < 4.78 is 0. The molecule has 2 N–H and O–H groups in total. The molecule has 2 heterocycles. The number of amides is 1. The van der Waals surface area contributed by atoms with Gasteiger partial charge in [0.25, 0.3) is 0 Å². The number of nitrogens with zero attached hydrogens (tertiary/aromatic N) is 1. The number of hydrogen-bond acceptors (Lipinski definition) is 2. The number of carbonyl (C=O) groups excluding carboxylic acids is 1. The number of rotatable bonds is 3. The van der Waals surface area contributed by atoms with Crippen molar-refractivity contribution in [2.24, 2.45) is 0 Å². The van der Waals surface area contributed by atoms with Crippen LogP contribution in [-0.4, -0.2) is 42.0 Å². The zero-order valence-corrected chi connectivity index (χ0v) is 11.2. The summed E-state index contributed by atoms with van der Waals surface area (Å²) in [6.07, 6.45) is 2.98. The molecule has 0 radical (unpaired) electrons. The summed E-state index contributed by atoms with van der Waals surface area (Å²) in [4.78, 5) is 17.0. The van der Waals surface area contributed by atoms with Gasteiger partial charge >= 0.3 is 0 Å². The van der Waals surface area contributed by atoms with Crippen LogP contribution >= 0.6 is 0 Å². The molecule has 0 atom stereocenters. The first-order valence-corrected chi connectivity index (χ1v) is 6.79. The van der Waals surface area contributed by atoms with E-state index in [-0.39, 0.29) is 5.91 Å². The molecule has 0 bridgehead atoms. The minimum Gasteiger partial charge on any atom is -0.361 e. The van der Waals surface area contributed by atoms with E-state index in [0.29, 0.717) is 6.54 Å². The minimum atomic E-state index is 0.210. The third kappa shape index (κ3) is 2.49. The fourth-order valence-electron chi connectivity index (χ4n) is 2.64. The smallest absolute Gasteiger partial charge is 0.236 e. The second-order valence-electron chi connectivity index (χ2n) is 5.17. The lowest BCUT2D eigenvalue weighted by Gasteiger charge is -2.27. The van der Waals surface area contributed by atoms with Crippen molar-refractivity contribution in [2.75, 3.05) is 26.2 Å². The number of fused-ring (bicyclic) bond motifs is 1. The van der Waals surface area contributed by atoms with Crippen LogP contribution in [-0.2, 0) is 11.2 Å². The zero-order valence-electron chi connectivity index (χ0n) is 11.2. The number of nitrogens with one attached hydrogen (secondary N) is 2. The van der Waals surface area contributed by atoms with E-state index in [1.54, 1.807) is 0 Å². The number of aromatic nitrogens is 1. The molecular weight excluding hydrogens is 238 g/mol. The van der Waals surface area contributed by atoms with Crippen LogP contribution in [0.5, 0.6) is 0 Å². The summed E-state index contributed by atoms with van der Waals surface area (Å²) in [7, 11) is 0. The number of carbonyl (C=O) groups is 1. The van der Waals surface area contributed by atoms with Gasteiger partial charge in [0.2, 0.25) is 5.91 Å². The highest BCUT2D eigenvalue weighted by atomic mass is 16.2. The number of aromatic amines is 1. The number of H-pyrrole nitrogens is 1. The van der Waals surface area contributed by atoms with Crippen molar-refractivity contribution in [3.63, 3.8) is 0 Å². The first kappa shape index (κ1) is 12.2. The van der Waals surface area contributed by atoms with Gasteiger partial charge in [-0.25, -0.2) is 0 Å². The maximum absolute atomic E-state index is 11.7. The number of benzene rings is 1. The average Bonchev–Trinajstić information content (AvgIpc) is 2.80. The van der Waals surface area contributed by atoms with Crippen molar-refractivity contribution < 1.29 is 4.79 Å². The Bertz CT molecular complexity index is 602. The monoisotopic (exact) mass is 257 g/mol. The lowest BCUT2D eigenvalue weighted by atomic mass is 10.1. The summed E-state index contributed by atoms with van der Waals surface area (Å²) in [6.45, 7) is 5.10. The molecule has 3 rings (SSSR count). The van der Waals surface area contributed by atoms with Gasteiger partial charge in [0.1, 0.15) is 0 Å². The van der Waals surface area contributed by atoms with Gasteiger partial charge in [-0.2, -0.15) is 0 Å². The number of aryl methyl sites for hydroxylation is 1. The van der Waals surface area contributed by atoms with Crippen molar-refractivity contribution in [1.29, 1.82) is 0 Å². The summed E-state index contributed by atoms with van der Waals surface area (Å²) >= 11 is 0. The minimum absolute atomic E-state index is 0.210. The van der Waals surface area contributed by atoms with Crippen LogP contribution in [0.25, 0.3) is 10.9 Å². The number of piperazine rings is 1. The second-order valence-corrected chi connectivity index (χ2v) is 5.17. The molecule has 0 aliphatic carbocycles. The summed E-state index contributed by atoms with van der Waals surface area (Å²) in [6, 6.07) is 6.46. The molecule has 1 aromatic heterocycles. The Morgan fingerprint density at radius 2 is 2.26 bits per heavy atom. The fourth-order valence-corrected chi connectivity index (χ4v) is 2.64. The Morgan fingerprint density at radius 3 is 3.11 bits per heavy atom. The van der Waals surface area contributed by atoms with Crippen LogP contribution in [0.3, 0.4) is 0 Å². The lowest BCUT2D eigenvalue weighted by molar-refractivity contribution is -0.131. The summed E-state index contributed by atoms with van der Waals surface area (Å²) in [5, 5.41) is 4.37. The third-order valence-electron chi connectivity index (χ3n) is 3.76. The summed E-state index contributed by atoms with van der Waals surface area (Å²) in [5.41, 5.74) is 3.74. The highest BCUT2D eigenvalue weighted by Crippen LogP contribution is 2.20. The van der Waals surface area contributed by atoms with Crippen molar-refractivity contribution in [2.45, 2.75) is 13.3 Å². The van der Waals surface area contributed by atoms with Gasteiger partial charge in [-0.05, 0) is 30.5 Å². The Balaban J connectivity index is 1.73. The Hall–Kier alpha value is -1.81. The number of hydrogen-bond donors (Lipinski definition) is 2. The van der Waals surface area contributed by atoms with Crippen molar-refractivity contribution >= 4 is 16.8 Å². The topological polar surface area (TPSA) is 48.1 Å². The predicted molar refractivity (Wildman–Crippen MR) is 76.2 cm³/mol. The lowest BCUT2D eigenvalue weighted by Crippen LogP contribution is -2.48. The molecule has 4 heteroatoms. The van der Waals surface area contributed by atoms with Gasteiger partial charge in [0.05, 0.1) is 6.54 Å². The molecule has 1 amide bonds. The highest BCUT2D eigenvalue weighted by molar-refractivity contribution is 5.84. The molecule has 1 aliphatic heterocycles. The summed E-state index contributed by atoms with van der Waals surface area (Å²) in [5.74, 6) is 0.210. The molecule has 0 unspecified atom stereocenters. The van der Waals surface area contributed by atoms with Gasteiger partial charge in [0, 0.05) is 36.7 Å². The standard InChI is InChI=1S/C15H19N3O/c1-11-2-3-13-12(9-17-14(13)8-11)4-6-18-7-5-16-10-15(18)19/h2-3,8-9,16-17H,4-7,10H2,1H3. The van der Waals surface area contributed by atoms with Crippen LogP contribution in [0.4, 0.5) is 0 Å². The molecule has 1 saturated heterocycles. The molecule has 1 aromatic carbocycles. The Kier molecular flexibility index (Phi) is 3.25. The molecule has 1 fully saturated rings. The first-order valence-electron chi connectivity index (χ1n) is 6.79. The van der Waals surface area contributed by atoms with E-state index in [4.69, 9.17) is 0 Å². The molecule has 0 spiro atoms. The highest BCUT2D eigenvalue weighted by Gasteiger charge is 2.17. The molecule has 2 aromatic rings. The molecule has 1 aliphatic rings. The van der Waals surface area contributed by atoms with E-state index in [2.05, 4.69) is 41.6 Å². The van der Waals surface area contributed by atoms with Crippen LogP contribution in [0.2, 0.25) is 0 Å². The molecule has 100 valence electrons. The first-order chi connectivity index (χ1) is 9.24. The quantitative estimate of drug-likeness (QED) is 0.874. The van der Waals surface area contributed by atoms with E-state index in [1.165, 1.54) is 22.0 Å². The predicted octanol–water partition coefficient (Wildman–Crippen LogP) is 1.45. The van der Waals surface area contributed by atoms with E-state index in [9.17, 15) is 4.79 Å². The zero-order chi connectivity index (χ0) is 13.2. The van der Waals surface area contributed by atoms with Crippen LogP contribution < -0.4 is 5.32 Å². The van der Waals surface area contributed by atoms with E-state index in [1.807, 2.05) is 4.90 Å². The van der Waals surface area contributed by atoms with Crippen LogP contribution in [0, 0.1) is 6.92 Å². The second kappa shape index (κ2) is 5.05. The molecule has 0 saturated carbocycles. The van der Waals surface area contributed by atoms with Crippen molar-refractivity contribution in [1.82, 2.24) is 15.2 Å².